The van der Waals surface area contributed by atoms with Crippen LogP contribution in [0, 0.1) is 0 Å². The van der Waals surface area contributed by atoms with Gasteiger partial charge >= 0.3 is 0 Å². The molecule has 0 radical (unpaired) electrons. The van der Waals surface area contributed by atoms with E-state index in [-0.39, 0.29) is 0 Å². The molecular weight excluding hydrogens is 360 g/mol. The van der Waals surface area contributed by atoms with Gasteiger partial charge in [0.2, 0.25) is 0 Å². The van der Waals surface area contributed by atoms with E-state index >= 15 is 0 Å². The maximum absolute atomic E-state index is 5.83. The van der Waals surface area contributed by atoms with Gasteiger partial charge in [-0.3, -0.25) is 0 Å². The number of anilines is 2. The molecule has 0 aliphatic rings. The number of ether oxygens (including phenoxy) is 3. The van der Waals surface area contributed by atoms with Crippen LogP contribution in [0.1, 0.15) is 0 Å². The van der Waals surface area contributed by atoms with E-state index in [2.05, 4.69) is 10.6 Å². The predicted molar refractivity (Wildman–Crippen MR) is 112 cm³/mol. The molecule has 0 aliphatic carbocycles. The van der Waals surface area contributed by atoms with E-state index in [1.165, 1.54) is 0 Å². The molecule has 0 heterocycles. The Morgan fingerprint density at radius 1 is 0.667 bits per heavy atom. The molecule has 138 valence electrons. The van der Waals surface area contributed by atoms with Gasteiger partial charge in [0, 0.05) is 17.4 Å². The number of methoxy groups -OCH3 is 2. The molecule has 3 aromatic rings. The van der Waals surface area contributed by atoms with Crippen molar-refractivity contribution in [2.45, 2.75) is 0 Å². The Labute approximate surface area is 163 Å². The van der Waals surface area contributed by atoms with Gasteiger partial charge in [-0.25, -0.2) is 0 Å². The molecule has 3 rings (SSSR count). The summed E-state index contributed by atoms with van der Waals surface area (Å²) in [6.45, 7) is 0. The van der Waals surface area contributed by atoms with Crippen molar-refractivity contribution < 1.29 is 14.2 Å². The van der Waals surface area contributed by atoms with Gasteiger partial charge < -0.3 is 24.8 Å². The summed E-state index contributed by atoms with van der Waals surface area (Å²) in [5.41, 5.74) is 1.74. The molecule has 6 heteroatoms. The second-order valence-corrected chi connectivity index (χ2v) is 6.02. The van der Waals surface area contributed by atoms with Crippen LogP contribution in [-0.4, -0.2) is 19.3 Å². The van der Waals surface area contributed by atoms with Crippen molar-refractivity contribution in [1.82, 2.24) is 0 Å². The normalized spacial score (nSPS) is 10.0. The van der Waals surface area contributed by atoms with E-state index in [1.54, 1.807) is 14.2 Å². The molecule has 0 saturated carbocycles. The molecule has 2 N–H and O–H groups in total. The molecule has 0 atom stereocenters. The van der Waals surface area contributed by atoms with Gasteiger partial charge in [-0.15, -0.1) is 0 Å². The van der Waals surface area contributed by atoms with Crippen LogP contribution in [0.15, 0.2) is 72.8 Å². The second-order valence-electron chi connectivity index (χ2n) is 5.61. The smallest absolute Gasteiger partial charge is 0.175 e. The highest BCUT2D eigenvalue weighted by Crippen LogP contribution is 2.26. The van der Waals surface area contributed by atoms with Gasteiger partial charge in [-0.1, -0.05) is 6.07 Å². The fraction of sp³-hybridized carbons (Fsp3) is 0.0952. The monoisotopic (exact) mass is 380 g/mol. The summed E-state index contributed by atoms with van der Waals surface area (Å²) in [5.74, 6) is 2.99. The van der Waals surface area contributed by atoms with Crippen LogP contribution >= 0.6 is 12.2 Å². The molecular formula is C21H20N2O3S. The van der Waals surface area contributed by atoms with Crippen molar-refractivity contribution in [2.75, 3.05) is 24.9 Å². The number of thiocarbonyl (C=S) groups is 1. The van der Waals surface area contributed by atoms with Crippen molar-refractivity contribution in [3.63, 3.8) is 0 Å². The summed E-state index contributed by atoms with van der Waals surface area (Å²) in [5, 5.41) is 6.77. The van der Waals surface area contributed by atoms with E-state index < -0.39 is 0 Å². The van der Waals surface area contributed by atoms with Crippen LogP contribution in [0.2, 0.25) is 0 Å². The van der Waals surface area contributed by atoms with Crippen molar-refractivity contribution in [1.29, 1.82) is 0 Å². The number of nitrogens with one attached hydrogen (secondary N) is 2. The summed E-state index contributed by atoms with van der Waals surface area (Å²) in [6, 6.07) is 22.6. The van der Waals surface area contributed by atoms with Crippen molar-refractivity contribution in [2.24, 2.45) is 0 Å². The molecule has 0 fully saturated rings. The average molecular weight is 380 g/mol. The first kappa shape index (κ1) is 18.5. The van der Waals surface area contributed by atoms with Crippen molar-refractivity contribution in [3.8, 4) is 23.0 Å². The first-order valence-corrected chi connectivity index (χ1v) is 8.71. The van der Waals surface area contributed by atoms with Gasteiger partial charge in [0.05, 0.1) is 14.2 Å². The Hall–Kier alpha value is -3.25. The maximum Gasteiger partial charge on any atom is 0.175 e. The number of benzene rings is 3. The second kappa shape index (κ2) is 8.91. The third-order valence-corrected chi connectivity index (χ3v) is 3.94. The highest BCUT2D eigenvalue weighted by molar-refractivity contribution is 7.80. The van der Waals surface area contributed by atoms with Crippen LogP contribution in [0.4, 0.5) is 11.4 Å². The van der Waals surface area contributed by atoms with E-state index in [4.69, 9.17) is 26.4 Å². The topological polar surface area (TPSA) is 51.8 Å². The highest BCUT2D eigenvalue weighted by atomic mass is 32.1. The zero-order valence-corrected chi connectivity index (χ0v) is 15.9. The van der Waals surface area contributed by atoms with Gasteiger partial charge in [0.15, 0.2) is 5.11 Å². The van der Waals surface area contributed by atoms with E-state index in [0.717, 1.165) is 28.6 Å². The molecule has 0 saturated heterocycles. The Morgan fingerprint density at radius 2 is 1.19 bits per heavy atom. The molecule has 0 unspecified atom stereocenters. The summed E-state index contributed by atoms with van der Waals surface area (Å²) < 4.78 is 16.2. The lowest BCUT2D eigenvalue weighted by atomic mass is 10.3. The van der Waals surface area contributed by atoms with Gasteiger partial charge in [-0.2, -0.15) is 0 Å². The van der Waals surface area contributed by atoms with Crippen molar-refractivity contribution in [3.05, 3.63) is 72.8 Å². The maximum atomic E-state index is 5.83. The number of hydrogen-bond donors (Lipinski definition) is 2. The SMILES string of the molecule is COc1ccc(NC(=S)Nc2ccc(Oc3cccc(OC)c3)cc2)cc1. The minimum atomic E-state index is 0.502. The van der Waals surface area contributed by atoms with Crippen LogP contribution < -0.4 is 24.8 Å². The molecule has 0 aromatic heterocycles. The largest absolute Gasteiger partial charge is 0.497 e. The Bertz CT molecular complexity index is 896. The predicted octanol–water partition coefficient (Wildman–Crippen LogP) is 5.31. The van der Waals surface area contributed by atoms with Crippen LogP contribution in [0.5, 0.6) is 23.0 Å². The third kappa shape index (κ3) is 5.36. The first-order valence-electron chi connectivity index (χ1n) is 8.30. The quantitative estimate of drug-likeness (QED) is 0.566. The Kier molecular flexibility index (Phi) is 6.12. The van der Waals surface area contributed by atoms with E-state index in [1.807, 2.05) is 72.8 Å². The molecule has 5 nitrogen and oxygen atoms in total. The lowest BCUT2D eigenvalue weighted by molar-refractivity contribution is 0.409. The van der Waals surface area contributed by atoms with Crippen LogP contribution in [0.3, 0.4) is 0 Å². The lowest BCUT2D eigenvalue weighted by Crippen LogP contribution is -2.18. The lowest BCUT2D eigenvalue weighted by Gasteiger charge is -2.12. The zero-order valence-electron chi connectivity index (χ0n) is 15.1. The van der Waals surface area contributed by atoms with Crippen LogP contribution in [-0.2, 0) is 0 Å². The molecule has 3 aromatic carbocycles. The van der Waals surface area contributed by atoms with E-state index in [0.29, 0.717) is 10.9 Å². The fourth-order valence-corrected chi connectivity index (χ4v) is 2.61. The summed E-state index contributed by atoms with van der Waals surface area (Å²) in [7, 11) is 3.26. The zero-order chi connectivity index (χ0) is 19.1. The van der Waals surface area contributed by atoms with Gasteiger partial charge in [-0.05, 0) is 72.9 Å². The Morgan fingerprint density at radius 3 is 1.74 bits per heavy atom. The first-order chi connectivity index (χ1) is 13.2. The fourth-order valence-electron chi connectivity index (χ4n) is 2.37. The van der Waals surface area contributed by atoms with E-state index in [9.17, 15) is 0 Å². The summed E-state index contributed by atoms with van der Waals surface area (Å²) >= 11 is 5.35. The molecule has 0 spiro atoms. The standard InChI is InChI=1S/C21H20N2O3S/c1-24-17-10-6-15(7-11-17)22-21(27)23-16-8-12-18(13-9-16)26-20-5-3-4-19(14-20)25-2/h3-14H,1-2H3,(H2,22,23,27). The summed E-state index contributed by atoms with van der Waals surface area (Å²) in [4.78, 5) is 0. The number of hydrogen-bond acceptors (Lipinski definition) is 4. The molecule has 0 aliphatic heterocycles. The van der Waals surface area contributed by atoms with Gasteiger partial charge in [0.1, 0.15) is 23.0 Å². The van der Waals surface area contributed by atoms with Gasteiger partial charge in [0.25, 0.3) is 0 Å². The summed E-state index contributed by atoms with van der Waals surface area (Å²) in [6.07, 6.45) is 0. The minimum absolute atomic E-state index is 0.502. The highest BCUT2D eigenvalue weighted by Gasteiger charge is 2.02. The average Bonchev–Trinajstić information content (AvgIpc) is 2.70. The minimum Gasteiger partial charge on any atom is -0.497 e. The van der Waals surface area contributed by atoms with Crippen molar-refractivity contribution >= 4 is 28.7 Å². The third-order valence-electron chi connectivity index (χ3n) is 3.74. The number of rotatable bonds is 6. The molecule has 0 amide bonds. The molecule has 27 heavy (non-hydrogen) atoms. The van der Waals surface area contributed by atoms with Crippen LogP contribution in [0.25, 0.3) is 0 Å². The Balaban J connectivity index is 1.57. The molecule has 0 bridgehead atoms.